The third-order valence-electron chi connectivity index (χ3n) is 4.27. The van der Waals surface area contributed by atoms with Gasteiger partial charge in [-0.15, -0.1) is 0 Å². The second-order valence-electron chi connectivity index (χ2n) is 5.97. The molecule has 0 aliphatic heterocycles. The number of Topliss-reactive ketones (excluding diaryl/α,β-unsaturated/α-hetero) is 1. The Bertz CT molecular complexity index is 1010. The van der Waals surface area contributed by atoms with E-state index in [0.29, 0.717) is 0 Å². The van der Waals surface area contributed by atoms with Crippen molar-refractivity contribution in [3.05, 3.63) is 96.2 Å². The van der Waals surface area contributed by atoms with Crippen LogP contribution in [0.4, 0.5) is 0 Å². The molecule has 0 amide bonds. The number of para-hydroxylation sites is 1. The van der Waals surface area contributed by atoms with Gasteiger partial charge in [0.05, 0.1) is 12.1 Å². The molecule has 2 aromatic carbocycles. The summed E-state index contributed by atoms with van der Waals surface area (Å²) < 4.78 is 2.14. The van der Waals surface area contributed by atoms with E-state index in [1.54, 1.807) is 12.3 Å². The molecule has 0 saturated carbocycles. The molecule has 25 heavy (non-hydrogen) atoms. The van der Waals surface area contributed by atoms with E-state index in [0.717, 1.165) is 28.7 Å². The Balaban J connectivity index is 1.71. The molecule has 0 radical (unpaired) electrons. The molecule has 122 valence electrons. The average molecular weight is 327 g/mol. The highest BCUT2D eigenvalue weighted by molar-refractivity contribution is 6.08. The van der Waals surface area contributed by atoms with Gasteiger partial charge in [-0.1, -0.05) is 48.5 Å². The number of ketones is 1. The van der Waals surface area contributed by atoms with Gasteiger partial charge >= 0.3 is 0 Å². The van der Waals surface area contributed by atoms with Crippen molar-refractivity contribution in [3.63, 3.8) is 0 Å². The standard InChI is InChI=1S/C21H17N3O/c25-21(12-17-10-11-22-15-23-17)19-14-24(13-16-6-2-1-3-7-16)20-9-5-4-8-18(19)20/h1-11,14-15H,12-13H2. The van der Waals surface area contributed by atoms with E-state index in [2.05, 4.69) is 32.7 Å². The zero-order chi connectivity index (χ0) is 17.1. The van der Waals surface area contributed by atoms with Gasteiger partial charge < -0.3 is 4.57 Å². The molecule has 0 atom stereocenters. The van der Waals surface area contributed by atoms with Crippen LogP contribution in [0.3, 0.4) is 0 Å². The lowest BCUT2D eigenvalue weighted by molar-refractivity contribution is 0.0993. The first-order valence-electron chi connectivity index (χ1n) is 8.21. The van der Waals surface area contributed by atoms with Crippen LogP contribution in [0, 0.1) is 0 Å². The molecule has 0 bridgehead atoms. The SMILES string of the molecule is O=C(Cc1ccncn1)c1cn(Cc2ccccc2)c2ccccc12. The molecule has 4 aromatic rings. The first kappa shape index (κ1) is 15.3. The zero-order valence-electron chi connectivity index (χ0n) is 13.7. The van der Waals surface area contributed by atoms with Crippen molar-refractivity contribution in [2.45, 2.75) is 13.0 Å². The summed E-state index contributed by atoms with van der Waals surface area (Å²) in [5, 5.41) is 0.984. The smallest absolute Gasteiger partial charge is 0.170 e. The summed E-state index contributed by atoms with van der Waals surface area (Å²) in [6, 6.07) is 20.1. The van der Waals surface area contributed by atoms with Crippen LogP contribution in [0.1, 0.15) is 21.6 Å². The molecule has 0 spiro atoms. The second-order valence-corrected chi connectivity index (χ2v) is 5.97. The average Bonchev–Trinajstić information content (AvgIpc) is 3.02. The monoisotopic (exact) mass is 327 g/mol. The van der Waals surface area contributed by atoms with Crippen molar-refractivity contribution in [2.75, 3.05) is 0 Å². The molecule has 0 aliphatic carbocycles. The highest BCUT2D eigenvalue weighted by Gasteiger charge is 2.16. The van der Waals surface area contributed by atoms with E-state index in [1.807, 2.05) is 42.6 Å². The van der Waals surface area contributed by atoms with E-state index < -0.39 is 0 Å². The van der Waals surface area contributed by atoms with Crippen LogP contribution in [0.25, 0.3) is 10.9 Å². The summed E-state index contributed by atoms with van der Waals surface area (Å²) in [5.41, 5.74) is 3.75. The van der Waals surface area contributed by atoms with Gasteiger partial charge in [-0.3, -0.25) is 4.79 Å². The normalized spacial score (nSPS) is 10.9. The number of aromatic nitrogens is 3. The van der Waals surface area contributed by atoms with Crippen molar-refractivity contribution in [1.82, 2.24) is 14.5 Å². The maximum absolute atomic E-state index is 12.8. The lowest BCUT2D eigenvalue weighted by Crippen LogP contribution is -2.05. The van der Waals surface area contributed by atoms with Gasteiger partial charge in [0, 0.05) is 35.4 Å². The Hall–Kier alpha value is -3.27. The quantitative estimate of drug-likeness (QED) is 0.522. The van der Waals surface area contributed by atoms with E-state index >= 15 is 0 Å². The zero-order valence-corrected chi connectivity index (χ0v) is 13.7. The van der Waals surface area contributed by atoms with Gasteiger partial charge in [-0.05, 0) is 17.7 Å². The summed E-state index contributed by atoms with van der Waals surface area (Å²) in [6.45, 7) is 0.738. The Labute approximate surface area is 145 Å². The van der Waals surface area contributed by atoms with Gasteiger partial charge in [-0.2, -0.15) is 0 Å². The predicted molar refractivity (Wildman–Crippen MR) is 97.5 cm³/mol. The lowest BCUT2D eigenvalue weighted by atomic mass is 10.1. The summed E-state index contributed by atoms with van der Waals surface area (Å²) in [7, 11) is 0. The van der Waals surface area contributed by atoms with Gasteiger partial charge in [0.15, 0.2) is 5.78 Å². The molecular formula is C21H17N3O. The molecule has 0 fully saturated rings. The van der Waals surface area contributed by atoms with Crippen LogP contribution in [0.15, 0.2) is 79.4 Å². The first-order chi connectivity index (χ1) is 12.3. The van der Waals surface area contributed by atoms with Crippen molar-refractivity contribution < 1.29 is 4.79 Å². The third-order valence-corrected chi connectivity index (χ3v) is 4.27. The van der Waals surface area contributed by atoms with Crippen LogP contribution < -0.4 is 0 Å². The van der Waals surface area contributed by atoms with Crippen molar-refractivity contribution >= 4 is 16.7 Å². The van der Waals surface area contributed by atoms with Crippen molar-refractivity contribution in [3.8, 4) is 0 Å². The number of carbonyl (C=O) groups is 1. The number of benzene rings is 2. The molecule has 4 heteroatoms. The summed E-state index contributed by atoms with van der Waals surface area (Å²) in [6.07, 6.45) is 5.37. The van der Waals surface area contributed by atoms with Crippen molar-refractivity contribution in [2.24, 2.45) is 0 Å². The number of nitrogens with zero attached hydrogens (tertiary/aromatic N) is 3. The van der Waals surface area contributed by atoms with E-state index in [1.165, 1.54) is 11.9 Å². The van der Waals surface area contributed by atoms with E-state index in [-0.39, 0.29) is 12.2 Å². The maximum atomic E-state index is 12.8. The fourth-order valence-corrected chi connectivity index (χ4v) is 3.06. The molecule has 0 N–H and O–H groups in total. The summed E-state index contributed by atoms with van der Waals surface area (Å²) in [5.74, 6) is 0.0710. The highest BCUT2D eigenvalue weighted by Crippen LogP contribution is 2.23. The predicted octanol–water partition coefficient (Wildman–Crippen LogP) is 3.91. The number of fused-ring (bicyclic) bond motifs is 1. The highest BCUT2D eigenvalue weighted by atomic mass is 16.1. The summed E-state index contributed by atoms with van der Waals surface area (Å²) >= 11 is 0. The lowest BCUT2D eigenvalue weighted by Gasteiger charge is -2.05. The summed E-state index contributed by atoms with van der Waals surface area (Å²) in [4.78, 5) is 20.9. The van der Waals surface area contributed by atoms with Crippen LogP contribution in [-0.4, -0.2) is 20.3 Å². The fourth-order valence-electron chi connectivity index (χ4n) is 3.06. The molecule has 0 aliphatic rings. The molecule has 2 heterocycles. The van der Waals surface area contributed by atoms with Gasteiger partial charge in [0.2, 0.25) is 0 Å². The minimum absolute atomic E-state index is 0.0710. The molecule has 2 aromatic heterocycles. The number of carbonyl (C=O) groups excluding carboxylic acids is 1. The Morgan fingerprint density at radius 3 is 2.56 bits per heavy atom. The van der Waals surface area contributed by atoms with Crippen LogP contribution in [0.5, 0.6) is 0 Å². The Morgan fingerprint density at radius 2 is 1.76 bits per heavy atom. The number of hydrogen-bond acceptors (Lipinski definition) is 3. The Kier molecular flexibility index (Phi) is 4.09. The fraction of sp³-hybridized carbons (Fsp3) is 0.0952. The van der Waals surface area contributed by atoms with Gasteiger partial charge in [-0.25, -0.2) is 9.97 Å². The molecule has 0 saturated heterocycles. The largest absolute Gasteiger partial charge is 0.342 e. The minimum Gasteiger partial charge on any atom is -0.342 e. The molecule has 4 nitrogen and oxygen atoms in total. The van der Waals surface area contributed by atoms with Gasteiger partial charge in [0.25, 0.3) is 0 Å². The van der Waals surface area contributed by atoms with E-state index in [4.69, 9.17) is 0 Å². The molecular weight excluding hydrogens is 310 g/mol. The third kappa shape index (κ3) is 3.19. The maximum Gasteiger partial charge on any atom is 0.170 e. The second kappa shape index (κ2) is 6.69. The van der Waals surface area contributed by atoms with Crippen molar-refractivity contribution in [1.29, 1.82) is 0 Å². The first-order valence-corrected chi connectivity index (χ1v) is 8.21. The van der Waals surface area contributed by atoms with Crippen LogP contribution >= 0.6 is 0 Å². The van der Waals surface area contributed by atoms with E-state index in [9.17, 15) is 4.79 Å². The molecule has 0 unspecified atom stereocenters. The Morgan fingerprint density at radius 1 is 0.960 bits per heavy atom. The number of rotatable bonds is 5. The van der Waals surface area contributed by atoms with Gasteiger partial charge in [0.1, 0.15) is 6.33 Å². The van der Waals surface area contributed by atoms with Crippen LogP contribution in [-0.2, 0) is 13.0 Å². The minimum atomic E-state index is 0.0710. The van der Waals surface area contributed by atoms with Crippen LogP contribution in [0.2, 0.25) is 0 Å². The molecule has 4 rings (SSSR count). The number of hydrogen-bond donors (Lipinski definition) is 0. The topological polar surface area (TPSA) is 47.8 Å².